The van der Waals surface area contributed by atoms with Gasteiger partial charge in [0.05, 0.1) is 0 Å². The number of hydrogen-bond acceptors (Lipinski definition) is 1. The van der Waals surface area contributed by atoms with Crippen LogP contribution in [0, 0.1) is 0 Å². The van der Waals surface area contributed by atoms with Crippen LogP contribution in [0.4, 0.5) is 0 Å². The highest BCUT2D eigenvalue weighted by molar-refractivity contribution is 6.17. The fraction of sp³-hybridized carbons (Fsp3) is 0.538. The summed E-state index contributed by atoms with van der Waals surface area (Å²) >= 11 is 5.95. The summed E-state index contributed by atoms with van der Waals surface area (Å²) in [5, 5.41) is 10.1. The van der Waals surface area contributed by atoms with E-state index in [1.54, 1.807) is 0 Å². The first kappa shape index (κ1) is 12.4. The van der Waals surface area contributed by atoms with Crippen LogP contribution in [0.25, 0.3) is 0 Å². The molecule has 1 rings (SSSR count). The Hall–Kier alpha value is -0.690. The lowest BCUT2D eigenvalue weighted by atomic mass is 9.93. The van der Waals surface area contributed by atoms with Gasteiger partial charge in [0, 0.05) is 5.88 Å². The normalized spacial score (nSPS) is 10.7. The van der Waals surface area contributed by atoms with Gasteiger partial charge in [0.25, 0.3) is 0 Å². The van der Waals surface area contributed by atoms with E-state index in [9.17, 15) is 5.11 Å². The van der Waals surface area contributed by atoms with Gasteiger partial charge in [-0.25, -0.2) is 0 Å². The summed E-state index contributed by atoms with van der Waals surface area (Å²) in [5.41, 5.74) is 4.46. The molecule has 0 heterocycles. The maximum Gasteiger partial charge on any atom is 0.122 e. The van der Waals surface area contributed by atoms with E-state index < -0.39 is 0 Å². The molecular formula is C13H19ClO. The van der Waals surface area contributed by atoms with E-state index in [2.05, 4.69) is 26.8 Å². The van der Waals surface area contributed by atoms with E-state index in [0.29, 0.717) is 11.6 Å². The van der Waals surface area contributed by atoms with Gasteiger partial charge in [0.2, 0.25) is 0 Å². The second kappa shape index (κ2) is 5.41. The molecule has 0 aromatic heterocycles. The Morgan fingerprint density at radius 2 is 1.60 bits per heavy atom. The van der Waals surface area contributed by atoms with Gasteiger partial charge in [-0.1, -0.05) is 26.8 Å². The van der Waals surface area contributed by atoms with Crippen molar-refractivity contribution in [2.24, 2.45) is 0 Å². The fourth-order valence-corrected chi connectivity index (χ4v) is 2.36. The zero-order valence-electron chi connectivity index (χ0n) is 9.73. The van der Waals surface area contributed by atoms with Gasteiger partial charge in [0.1, 0.15) is 5.75 Å². The molecule has 0 amide bonds. The number of aryl methyl sites for hydroxylation is 2. The minimum Gasteiger partial charge on any atom is -0.507 e. The van der Waals surface area contributed by atoms with Crippen molar-refractivity contribution >= 4 is 11.6 Å². The molecule has 0 saturated carbocycles. The van der Waals surface area contributed by atoms with Crippen molar-refractivity contribution in [1.29, 1.82) is 0 Å². The molecule has 1 aromatic rings. The Morgan fingerprint density at radius 1 is 1.00 bits per heavy atom. The summed E-state index contributed by atoms with van der Waals surface area (Å²) in [5.74, 6) is 0.942. The summed E-state index contributed by atoms with van der Waals surface area (Å²) in [6.07, 6.45) is 2.69. The minimum absolute atomic E-state index is 0.452. The highest BCUT2D eigenvalue weighted by atomic mass is 35.5. The van der Waals surface area contributed by atoms with Crippen molar-refractivity contribution in [3.8, 4) is 5.75 Å². The van der Waals surface area contributed by atoms with E-state index in [1.165, 1.54) is 5.56 Å². The topological polar surface area (TPSA) is 20.2 Å². The number of halogens is 1. The summed E-state index contributed by atoms with van der Waals surface area (Å²) in [7, 11) is 0. The van der Waals surface area contributed by atoms with E-state index in [0.717, 1.165) is 36.0 Å². The van der Waals surface area contributed by atoms with Crippen LogP contribution in [-0.4, -0.2) is 5.11 Å². The molecule has 0 atom stereocenters. The average Bonchev–Trinajstić information content (AvgIpc) is 2.28. The summed E-state index contributed by atoms with van der Waals surface area (Å²) in [6.45, 7) is 6.25. The molecule has 1 N–H and O–H groups in total. The first-order chi connectivity index (χ1) is 7.19. The molecule has 15 heavy (non-hydrogen) atoms. The van der Waals surface area contributed by atoms with E-state index in [1.807, 2.05) is 0 Å². The Kier molecular flexibility index (Phi) is 4.46. The Balaban J connectivity index is 3.43. The molecule has 84 valence electrons. The molecule has 0 radical (unpaired) electrons. The van der Waals surface area contributed by atoms with Gasteiger partial charge in [-0.2, -0.15) is 0 Å². The summed E-state index contributed by atoms with van der Waals surface area (Å²) in [4.78, 5) is 0. The number of rotatable bonds is 4. The highest BCUT2D eigenvalue weighted by Gasteiger charge is 2.13. The van der Waals surface area contributed by atoms with Crippen LogP contribution in [0.1, 0.15) is 43.0 Å². The Labute approximate surface area is 97.1 Å². The van der Waals surface area contributed by atoms with Gasteiger partial charge >= 0.3 is 0 Å². The number of alkyl halides is 1. The zero-order chi connectivity index (χ0) is 11.4. The van der Waals surface area contributed by atoms with Crippen molar-refractivity contribution in [3.05, 3.63) is 28.3 Å². The molecule has 0 bridgehead atoms. The van der Waals surface area contributed by atoms with Crippen LogP contribution in [0.5, 0.6) is 5.75 Å². The molecule has 0 aliphatic heterocycles. The van der Waals surface area contributed by atoms with Crippen LogP contribution < -0.4 is 0 Å². The molecule has 1 nitrogen and oxygen atoms in total. The lowest BCUT2D eigenvalue weighted by molar-refractivity contribution is 0.461. The maximum atomic E-state index is 10.1. The van der Waals surface area contributed by atoms with Crippen LogP contribution >= 0.6 is 11.6 Å². The van der Waals surface area contributed by atoms with Gasteiger partial charge in [-0.3, -0.25) is 0 Å². The van der Waals surface area contributed by atoms with Crippen LogP contribution in [0.15, 0.2) is 6.07 Å². The first-order valence-corrected chi connectivity index (χ1v) is 6.14. The summed E-state index contributed by atoms with van der Waals surface area (Å²) < 4.78 is 0. The SMILES string of the molecule is CCc1cc(CC)c(CCl)c(CC)c1O. The summed E-state index contributed by atoms with van der Waals surface area (Å²) in [6, 6.07) is 2.09. The van der Waals surface area contributed by atoms with Gasteiger partial charge < -0.3 is 5.11 Å². The predicted octanol–water partition coefficient (Wildman–Crippen LogP) is 3.82. The van der Waals surface area contributed by atoms with Crippen molar-refractivity contribution < 1.29 is 5.11 Å². The van der Waals surface area contributed by atoms with E-state index in [4.69, 9.17) is 11.6 Å². The van der Waals surface area contributed by atoms with Gasteiger partial charge in [0.15, 0.2) is 0 Å². The zero-order valence-corrected chi connectivity index (χ0v) is 10.5. The quantitative estimate of drug-likeness (QED) is 0.774. The van der Waals surface area contributed by atoms with E-state index in [-0.39, 0.29) is 0 Å². The lowest BCUT2D eigenvalue weighted by Gasteiger charge is -2.16. The highest BCUT2D eigenvalue weighted by Crippen LogP contribution is 2.31. The van der Waals surface area contributed by atoms with Crippen LogP contribution in [0.2, 0.25) is 0 Å². The number of aromatic hydroxyl groups is 1. The van der Waals surface area contributed by atoms with Crippen molar-refractivity contribution in [3.63, 3.8) is 0 Å². The number of phenolic OH excluding ortho intramolecular Hbond substituents is 1. The molecule has 0 fully saturated rings. The lowest BCUT2D eigenvalue weighted by Crippen LogP contribution is -2.00. The second-order valence-corrected chi connectivity index (χ2v) is 3.96. The maximum absolute atomic E-state index is 10.1. The van der Waals surface area contributed by atoms with Crippen molar-refractivity contribution in [2.75, 3.05) is 0 Å². The molecule has 0 spiro atoms. The third kappa shape index (κ3) is 2.28. The average molecular weight is 227 g/mol. The molecule has 0 unspecified atom stereocenters. The molecule has 0 aliphatic carbocycles. The first-order valence-electron chi connectivity index (χ1n) is 5.60. The largest absolute Gasteiger partial charge is 0.507 e. The number of benzene rings is 1. The van der Waals surface area contributed by atoms with E-state index >= 15 is 0 Å². The van der Waals surface area contributed by atoms with Crippen LogP contribution in [0.3, 0.4) is 0 Å². The Bertz CT molecular complexity index is 345. The third-order valence-corrected chi connectivity index (χ3v) is 3.21. The van der Waals surface area contributed by atoms with Gasteiger partial charge in [-0.15, -0.1) is 11.6 Å². The number of hydrogen-bond donors (Lipinski definition) is 1. The predicted molar refractivity (Wildman–Crippen MR) is 65.8 cm³/mol. The smallest absolute Gasteiger partial charge is 0.122 e. The fourth-order valence-electron chi connectivity index (χ4n) is 2.03. The second-order valence-electron chi connectivity index (χ2n) is 3.69. The molecular weight excluding hydrogens is 208 g/mol. The molecule has 0 saturated heterocycles. The third-order valence-electron chi connectivity index (χ3n) is 2.94. The monoisotopic (exact) mass is 226 g/mol. The van der Waals surface area contributed by atoms with Crippen LogP contribution in [-0.2, 0) is 25.1 Å². The standard InChI is InChI=1S/C13H19ClO/c1-4-9-7-10(5-2)13(15)11(6-3)12(9)8-14/h7,15H,4-6,8H2,1-3H3. The number of phenols is 1. The minimum atomic E-state index is 0.452. The molecule has 0 aliphatic rings. The van der Waals surface area contributed by atoms with Crippen molar-refractivity contribution in [1.82, 2.24) is 0 Å². The Morgan fingerprint density at radius 3 is 2.00 bits per heavy atom. The molecule has 1 aromatic carbocycles. The van der Waals surface area contributed by atoms with Gasteiger partial charge in [-0.05, 0) is 41.5 Å². The molecule has 2 heteroatoms. The van der Waals surface area contributed by atoms with Crippen molar-refractivity contribution in [2.45, 2.75) is 45.9 Å².